The Labute approximate surface area is 124 Å². The van der Waals surface area contributed by atoms with Crippen molar-refractivity contribution in [2.45, 2.75) is 13.1 Å². The summed E-state index contributed by atoms with van der Waals surface area (Å²) in [6.45, 7) is 1.57. The molecular formula is C13H15BrN2O2S. The minimum absolute atomic E-state index is 0.00507. The number of hydrogen-bond acceptors (Lipinski definition) is 4. The maximum atomic E-state index is 11.7. The molecule has 0 spiro atoms. The van der Waals surface area contributed by atoms with Gasteiger partial charge in [-0.1, -0.05) is 0 Å². The number of likely N-dealkylation sites (N-methyl/N-ethyl adjacent to an activating group) is 1. The number of halogens is 1. The van der Waals surface area contributed by atoms with Gasteiger partial charge in [-0.3, -0.25) is 9.69 Å². The van der Waals surface area contributed by atoms with Gasteiger partial charge in [-0.15, -0.1) is 11.3 Å². The Kier molecular flexibility index (Phi) is 5.18. The van der Waals surface area contributed by atoms with Crippen molar-refractivity contribution < 1.29 is 9.21 Å². The molecule has 0 bridgehead atoms. The van der Waals surface area contributed by atoms with Crippen molar-refractivity contribution in [3.63, 3.8) is 0 Å². The molecule has 2 heterocycles. The van der Waals surface area contributed by atoms with Gasteiger partial charge in [-0.25, -0.2) is 0 Å². The summed E-state index contributed by atoms with van der Waals surface area (Å²) in [5, 5.41) is 2.83. The summed E-state index contributed by atoms with van der Waals surface area (Å²) >= 11 is 5.11. The van der Waals surface area contributed by atoms with Gasteiger partial charge in [0.25, 0.3) is 0 Å². The van der Waals surface area contributed by atoms with Crippen molar-refractivity contribution in [2.24, 2.45) is 0 Å². The summed E-state index contributed by atoms with van der Waals surface area (Å²) < 4.78 is 6.26. The lowest BCUT2D eigenvalue weighted by Crippen LogP contribution is -2.34. The zero-order chi connectivity index (χ0) is 13.7. The molecule has 19 heavy (non-hydrogen) atoms. The van der Waals surface area contributed by atoms with E-state index in [1.807, 2.05) is 30.1 Å². The monoisotopic (exact) mass is 342 g/mol. The molecule has 2 aromatic heterocycles. The first-order valence-corrected chi connectivity index (χ1v) is 7.46. The van der Waals surface area contributed by atoms with Gasteiger partial charge < -0.3 is 9.73 Å². The van der Waals surface area contributed by atoms with Crippen molar-refractivity contribution in [2.75, 3.05) is 13.6 Å². The van der Waals surface area contributed by atoms with E-state index in [9.17, 15) is 4.79 Å². The molecule has 0 fully saturated rings. The van der Waals surface area contributed by atoms with E-state index in [4.69, 9.17) is 4.42 Å². The molecule has 0 saturated carbocycles. The van der Waals surface area contributed by atoms with Gasteiger partial charge in [0.2, 0.25) is 5.91 Å². The second kappa shape index (κ2) is 6.88. The van der Waals surface area contributed by atoms with Crippen LogP contribution in [0.3, 0.4) is 0 Å². The Morgan fingerprint density at radius 3 is 2.95 bits per heavy atom. The van der Waals surface area contributed by atoms with Crippen molar-refractivity contribution in [1.29, 1.82) is 0 Å². The summed E-state index contributed by atoms with van der Waals surface area (Å²) in [7, 11) is 1.93. The maximum Gasteiger partial charge on any atom is 0.234 e. The SMILES string of the molecule is CN(CC(=O)NCc1ccco1)Cc1ccc(Br)s1. The van der Waals surface area contributed by atoms with Crippen molar-refractivity contribution in [3.8, 4) is 0 Å². The molecule has 0 saturated heterocycles. The molecular weight excluding hydrogens is 328 g/mol. The molecule has 2 rings (SSSR count). The zero-order valence-corrected chi connectivity index (χ0v) is 13.0. The highest BCUT2D eigenvalue weighted by molar-refractivity contribution is 9.11. The third-order valence-electron chi connectivity index (χ3n) is 2.51. The molecule has 0 aromatic carbocycles. The first kappa shape index (κ1) is 14.3. The van der Waals surface area contributed by atoms with Crippen LogP contribution in [-0.4, -0.2) is 24.4 Å². The molecule has 0 unspecified atom stereocenters. The summed E-state index contributed by atoms with van der Waals surface area (Å²) in [6, 6.07) is 7.73. The topological polar surface area (TPSA) is 45.5 Å². The van der Waals surface area contributed by atoms with Crippen LogP contribution in [0.2, 0.25) is 0 Å². The Morgan fingerprint density at radius 2 is 2.32 bits per heavy atom. The smallest absolute Gasteiger partial charge is 0.234 e. The number of amides is 1. The van der Waals surface area contributed by atoms with Crippen LogP contribution in [0.5, 0.6) is 0 Å². The van der Waals surface area contributed by atoms with Gasteiger partial charge in [-0.05, 0) is 47.2 Å². The molecule has 1 N–H and O–H groups in total. The summed E-state index contributed by atoms with van der Waals surface area (Å²) in [5.41, 5.74) is 0. The van der Waals surface area contributed by atoms with E-state index in [-0.39, 0.29) is 5.91 Å². The lowest BCUT2D eigenvalue weighted by atomic mass is 10.4. The fourth-order valence-electron chi connectivity index (χ4n) is 1.66. The maximum absolute atomic E-state index is 11.7. The summed E-state index contributed by atoms with van der Waals surface area (Å²) in [4.78, 5) is 15.0. The van der Waals surface area contributed by atoms with Crippen LogP contribution in [0.15, 0.2) is 38.7 Å². The lowest BCUT2D eigenvalue weighted by Gasteiger charge is -2.14. The van der Waals surface area contributed by atoms with Crippen LogP contribution in [0.1, 0.15) is 10.6 Å². The third kappa shape index (κ3) is 4.81. The average Bonchev–Trinajstić information content (AvgIpc) is 2.98. The number of carbonyl (C=O) groups excluding carboxylic acids is 1. The van der Waals surface area contributed by atoms with Crippen molar-refractivity contribution >= 4 is 33.2 Å². The second-order valence-corrected chi connectivity index (χ2v) is 6.78. The van der Waals surface area contributed by atoms with Crippen LogP contribution in [0, 0.1) is 0 Å². The normalized spacial score (nSPS) is 10.9. The Hall–Kier alpha value is -1.11. The van der Waals surface area contributed by atoms with Gasteiger partial charge in [0.05, 0.1) is 23.1 Å². The Balaban J connectivity index is 1.72. The second-order valence-electron chi connectivity index (χ2n) is 4.23. The number of carbonyl (C=O) groups is 1. The first-order valence-electron chi connectivity index (χ1n) is 5.85. The number of rotatable bonds is 6. The van der Waals surface area contributed by atoms with Gasteiger partial charge >= 0.3 is 0 Å². The van der Waals surface area contributed by atoms with Crippen LogP contribution in [0.25, 0.3) is 0 Å². The molecule has 0 radical (unpaired) electrons. The fraction of sp³-hybridized carbons (Fsp3) is 0.308. The largest absolute Gasteiger partial charge is 0.467 e. The number of nitrogens with zero attached hydrogens (tertiary/aromatic N) is 1. The molecule has 0 atom stereocenters. The first-order chi connectivity index (χ1) is 9.13. The molecule has 102 valence electrons. The average molecular weight is 343 g/mol. The lowest BCUT2D eigenvalue weighted by molar-refractivity contribution is -0.122. The highest BCUT2D eigenvalue weighted by Gasteiger charge is 2.08. The highest BCUT2D eigenvalue weighted by Crippen LogP contribution is 2.22. The highest BCUT2D eigenvalue weighted by atomic mass is 79.9. The number of thiophene rings is 1. The van der Waals surface area contributed by atoms with Crippen molar-refractivity contribution in [1.82, 2.24) is 10.2 Å². The molecule has 4 nitrogen and oxygen atoms in total. The molecule has 0 aliphatic heterocycles. The predicted octanol–water partition coefficient (Wildman–Crippen LogP) is 2.85. The molecule has 1 amide bonds. The van der Waals surface area contributed by atoms with E-state index >= 15 is 0 Å². The number of nitrogens with one attached hydrogen (secondary N) is 1. The summed E-state index contributed by atoms with van der Waals surface area (Å²) in [5.74, 6) is 0.757. The number of hydrogen-bond donors (Lipinski definition) is 1. The zero-order valence-electron chi connectivity index (χ0n) is 10.6. The third-order valence-corrected chi connectivity index (χ3v) is 4.12. The van der Waals surface area contributed by atoms with Crippen LogP contribution >= 0.6 is 27.3 Å². The Bertz CT molecular complexity index is 524. The van der Waals surface area contributed by atoms with Gasteiger partial charge in [0, 0.05) is 11.4 Å². The molecule has 2 aromatic rings. The van der Waals surface area contributed by atoms with Crippen LogP contribution in [-0.2, 0) is 17.9 Å². The minimum Gasteiger partial charge on any atom is -0.467 e. The predicted molar refractivity (Wildman–Crippen MR) is 78.9 cm³/mol. The molecule has 0 aliphatic rings. The fourth-order valence-corrected chi connectivity index (χ4v) is 3.22. The van der Waals surface area contributed by atoms with E-state index < -0.39 is 0 Å². The van der Waals surface area contributed by atoms with Crippen LogP contribution in [0.4, 0.5) is 0 Å². The van der Waals surface area contributed by atoms with Crippen molar-refractivity contribution in [3.05, 3.63) is 45.0 Å². The molecule has 0 aliphatic carbocycles. The van der Waals surface area contributed by atoms with Gasteiger partial charge in [0.15, 0.2) is 0 Å². The molecule has 6 heteroatoms. The quantitative estimate of drug-likeness (QED) is 0.877. The number of furan rings is 1. The van der Waals surface area contributed by atoms with E-state index in [0.717, 1.165) is 16.1 Å². The minimum atomic E-state index is -0.00507. The van der Waals surface area contributed by atoms with E-state index in [1.54, 1.807) is 17.6 Å². The van der Waals surface area contributed by atoms with Crippen LogP contribution < -0.4 is 5.32 Å². The van der Waals surface area contributed by atoms with E-state index in [2.05, 4.69) is 27.3 Å². The standard InChI is InChI=1S/C13H15BrN2O2S/c1-16(8-11-4-5-12(14)19-11)9-13(17)15-7-10-3-2-6-18-10/h2-6H,7-9H2,1H3,(H,15,17). The van der Waals surface area contributed by atoms with E-state index in [1.165, 1.54) is 4.88 Å². The van der Waals surface area contributed by atoms with Gasteiger partial charge in [-0.2, -0.15) is 0 Å². The summed E-state index contributed by atoms with van der Waals surface area (Å²) in [6.07, 6.45) is 1.60. The Morgan fingerprint density at radius 1 is 1.47 bits per heavy atom. The van der Waals surface area contributed by atoms with E-state index in [0.29, 0.717) is 13.1 Å². The van der Waals surface area contributed by atoms with Gasteiger partial charge in [0.1, 0.15) is 5.76 Å².